The number of benzene rings is 1. The number of H-pyrrole nitrogens is 1. The van der Waals surface area contributed by atoms with Crippen LogP contribution in [0.4, 0.5) is 5.69 Å². The molecule has 1 aliphatic rings. The summed E-state index contributed by atoms with van der Waals surface area (Å²) in [6.45, 7) is 1.24. The highest BCUT2D eigenvalue weighted by atomic mass is 16.4. The van der Waals surface area contributed by atoms with Gasteiger partial charge in [0.15, 0.2) is 11.5 Å². The number of aliphatic carboxylic acids is 1. The second kappa shape index (κ2) is 5.80. The minimum Gasteiger partial charge on any atom is -0.503 e. The van der Waals surface area contributed by atoms with Crippen LogP contribution in [-0.2, 0) is 14.4 Å². The maximum atomic E-state index is 12.4. The number of fused-ring (bicyclic) bond motifs is 1. The van der Waals surface area contributed by atoms with Crippen LogP contribution in [0.5, 0.6) is 0 Å². The number of carboxylic acids is 1. The molecule has 2 aromatic rings. The van der Waals surface area contributed by atoms with Gasteiger partial charge in [-0.05, 0) is 31.5 Å². The first-order valence-corrected chi connectivity index (χ1v) is 7.32. The number of nitrogens with one attached hydrogen (secondary N) is 1. The maximum Gasteiger partial charge on any atom is 0.303 e. The van der Waals surface area contributed by atoms with Crippen LogP contribution < -0.4 is 4.90 Å². The molecular weight excluding hydrogens is 314 g/mol. The number of anilines is 1. The third-order valence-corrected chi connectivity index (χ3v) is 4.01. The predicted molar refractivity (Wildman–Crippen MR) is 84.6 cm³/mol. The molecule has 124 valence electrons. The number of nitrogens with zero attached hydrogens (tertiary/aromatic N) is 2. The Hall–Kier alpha value is -3.16. The molecule has 24 heavy (non-hydrogen) atoms. The molecule has 0 saturated heterocycles. The van der Waals surface area contributed by atoms with Crippen LogP contribution in [0.25, 0.3) is 11.0 Å². The van der Waals surface area contributed by atoms with Crippen molar-refractivity contribution >= 4 is 34.4 Å². The number of Topliss-reactive ketones (excluding diaryl/α,β-unsaturated/α-hetero) is 1. The average molecular weight is 329 g/mol. The summed E-state index contributed by atoms with van der Waals surface area (Å²) in [5.41, 5.74) is 1.80. The summed E-state index contributed by atoms with van der Waals surface area (Å²) in [7, 11) is 0. The molecule has 2 heterocycles. The number of carbonyl (C=O) groups is 3. The van der Waals surface area contributed by atoms with Gasteiger partial charge >= 0.3 is 5.97 Å². The number of aromatic nitrogens is 2. The summed E-state index contributed by atoms with van der Waals surface area (Å²) in [6.07, 6.45) is 1.31. The molecule has 1 amide bonds. The first-order valence-electron chi connectivity index (χ1n) is 7.32. The van der Waals surface area contributed by atoms with E-state index in [0.29, 0.717) is 16.7 Å². The first-order chi connectivity index (χ1) is 11.4. The summed E-state index contributed by atoms with van der Waals surface area (Å²) in [5.74, 6) is -2.83. The summed E-state index contributed by atoms with van der Waals surface area (Å²) < 4.78 is 0. The highest BCUT2D eigenvalue weighted by Gasteiger charge is 2.42. The number of imidazole rings is 1. The summed E-state index contributed by atoms with van der Waals surface area (Å²) in [4.78, 5) is 43.5. The molecule has 1 atom stereocenters. The van der Waals surface area contributed by atoms with Gasteiger partial charge in [0, 0.05) is 12.1 Å². The highest BCUT2D eigenvalue weighted by Crippen LogP contribution is 2.34. The van der Waals surface area contributed by atoms with Crippen LogP contribution in [0.2, 0.25) is 0 Å². The van der Waals surface area contributed by atoms with Crippen LogP contribution in [0, 0.1) is 0 Å². The van der Waals surface area contributed by atoms with E-state index in [2.05, 4.69) is 9.97 Å². The maximum absolute atomic E-state index is 12.4. The molecule has 0 radical (unpaired) electrons. The molecule has 3 rings (SSSR count). The van der Waals surface area contributed by atoms with Crippen LogP contribution in [0.1, 0.15) is 19.8 Å². The van der Waals surface area contributed by atoms with Gasteiger partial charge in [0.1, 0.15) is 0 Å². The standard InChI is InChI=1S/C16H15N3O5/c1-8(20)14-12(4-5-13(21)22)19(16(24)15(14)23)9-2-3-10-11(6-9)18-7-17-10/h2-3,6-7,12,23H,4-5H2,1H3,(H,17,18)(H,21,22). The molecule has 8 heteroatoms. The molecular formula is C16H15N3O5. The van der Waals surface area contributed by atoms with Crippen molar-refractivity contribution in [3.8, 4) is 0 Å². The number of rotatable bonds is 5. The lowest BCUT2D eigenvalue weighted by Crippen LogP contribution is -2.37. The van der Waals surface area contributed by atoms with Crippen molar-refractivity contribution in [3.63, 3.8) is 0 Å². The van der Waals surface area contributed by atoms with E-state index in [4.69, 9.17) is 5.11 Å². The topological polar surface area (TPSA) is 124 Å². The van der Waals surface area contributed by atoms with E-state index < -0.39 is 29.5 Å². The Morgan fingerprint density at radius 1 is 1.38 bits per heavy atom. The molecule has 1 aromatic carbocycles. The molecule has 0 bridgehead atoms. The van der Waals surface area contributed by atoms with Crippen molar-refractivity contribution in [2.45, 2.75) is 25.8 Å². The Morgan fingerprint density at radius 2 is 2.12 bits per heavy atom. The zero-order chi connectivity index (χ0) is 17.4. The number of ketones is 1. The third kappa shape index (κ3) is 2.51. The largest absolute Gasteiger partial charge is 0.503 e. The van der Waals surface area contributed by atoms with E-state index in [-0.39, 0.29) is 18.4 Å². The molecule has 0 aliphatic carbocycles. The molecule has 1 unspecified atom stereocenters. The fourth-order valence-corrected chi connectivity index (χ4v) is 2.96. The van der Waals surface area contributed by atoms with Gasteiger partial charge in [0.25, 0.3) is 5.91 Å². The van der Waals surface area contributed by atoms with E-state index in [1.165, 1.54) is 18.2 Å². The van der Waals surface area contributed by atoms with Crippen molar-refractivity contribution in [2.24, 2.45) is 0 Å². The molecule has 0 saturated carbocycles. The summed E-state index contributed by atoms with van der Waals surface area (Å²) in [5, 5.41) is 19.0. The van der Waals surface area contributed by atoms with E-state index >= 15 is 0 Å². The van der Waals surface area contributed by atoms with Crippen LogP contribution in [-0.4, -0.2) is 43.9 Å². The number of hydrogen-bond donors (Lipinski definition) is 3. The Bertz CT molecular complexity index is 883. The van der Waals surface area contributed by atoms with Gasteiger partial charge in [-0.25, -0.2) is 4.98 Å². The van der Waals surface area contributed by atoms with Crippen LogP contribution in [0.3, 0.4) is 0 Å². The predicted octanol–water partition coefficient (Wildman–Crippen LogP) is 1.54. The Balaban J connectivity index is 2.04. The van der Waals surface area contributed by atoms with Gasteiger partial charge in [0.05, 0.1) is 29.0 Å². The minimum absolute atomic E-state index is 0.0288. The third-order valence-electron chi connectivity index (χ3n) is 4.01. The SMILES string of the molecule is CC(=O)C1=C(O)C(=O)N(c2ccc3nc[nH]c3c2)C1CCC(=O)O. The Morgan fingerprint density at radius 3 is 2.79 bits per heavy atom. The number of carbonyl (C=O) groups excluding carboxylic acids is 2. The fourth-order valence-electron chi connectivity index (χ4n) is 2.96. The molecule has 3 N–H and O–H groups in total. The quantitative estimate of drug-likeness (QED) is 0.764. The van der Waals surface area contributed by atoms with Crippen molar-refractivity contribution < 1.29 is 24.6 Å². The smallest absolute Gasteiger partial charge is 0.303 e. The Labute approximate surface area is 136 Å². The number of aromatic amines is 1. The number of hydrogen-bond acceptors (Lipinski definition) is 5. The van der Waals surface area contributed by atoms with E-state index in [0.717, 1.165) is 0 Å². The number of carboxylic acid groups (broad SMARTS) is 1. The van der Waals surface area contributed by atoms with E-state index in [1.807, 2.05) is 0 Å². The van der Waals surface area contributed by atoms with Crippen LogP contribution >= 0.6 is 0 Å². The van der Waals surface area contributed by atoms with Gasteiger partial charge < -0.3 is 15.2 Å². The average Bonchev–Trinajstić information content (AvgIpc) is 3.08. The Kier molecular flexibility index (Phi) is 3.80. The van der Waals surface area contributed by atoms with Crippen LogP contribution in [0.15, 0.2) is 35.9 Å². The van der Waals surface area contributed by atoms with Crippen molar-refractivity contribution in [2.75, 3.05) is 4.90 Å². The number of aliphatic hydroxyl groups excluding tert-OH is 1. The zero-order valence-electron chi connectivity index (χ0n) is 12.8. The van der Waals surface area contributed by atoms with Gasteiger partial charge in [-0.1, -0.05) is 0 Å². The molecule has 1 aromatic heterocycles. The van der Waals surface area contributed by atoms with Crippen molar-refractivity contribution in [1.82, 2.24) is 9.97 Å². The summed E-state index contributed by atoms with van der Waals surface area (Å²) in [6, 6.07) is 4.20. The van der Waals surface area contributed by atoms with Gasteiger partial charge in [-0.15, -0.1) is 0 Å². The normalized spacial score (nSPS) is 17.8. The van der Waals surface area contributed by atoms with Gasteiger partial charge in [-0.2, -0.15) is 0 Å². The lowest BCUT2D eigenvalue weighted by atomic mass is 9.99. The summed E-state index contributed by atoms with van der Waals surface area (Å²) >= 11 is 0. The minimum atomic E-state index is -1.04. The molecule has 0 fully saturated rings. The lowest BCUT2D eigenvalue weighted by molar-refractivity contribution is -0.137. The van der Waals surface area contributed by atoms with Gasteiger partial charge in [-0.3, -0.25) is 19.3 Å². The number of amides is 1. The monoisotopic (exact) mass is 329 g/mol. The zero-order valence-corrected chi connectivity index (χ0v) is 12.8. The second-order valence-electron chi connectivity index (χ2n) is 5.55. The van der Waals surface area contributed by atoms with E-state index in [1.54, 1.807) is 18.2 Å². The first kappa shape index (κ1) is 15.7. The van der Waals surface area contributed by atoms with Crippen molar-refractivity contribution in [1.29, 1.82) is 0 Å². The highest BCUT2D eigenvalue weighted by molar-refractivity contribution is 6.16. The fraction of sp³-hybridized carbons (Fsp3) is 0.250. The van der Waals surface area contributed by atoms with E-state index in [9.17, 15) is 19.5 Å². The van der Waals surface area contributed by atoms with Crippen molar-refractivity contribution in [3.05, 3.63) is 35.9 Å². The molecule has 0 spiro atoms. The second-order valence-corrected chi connectivity index (χ2v) is 5.55. The molecule has 8 nitrogen and oxygen atoms in total. The van der Waals surface area contributed by atoms with Gasteiger partial charge in [0.2, 0.25) is 0 Å². The lowest BCUT2D eigenvalue weighted by Gasteiger charge is -2.25. The number of aliphatic hydroxyl groups is 1. The molecule has 1 aliphatic heterocycles.